The predicted molar refractivity (Wildman–Crippen MR) is 54.9 cm³/mol. The maximum Gasteiger partial charge on any atom is 0.299 e. The smallest absolute Gasteiger partial charge is 0.299 e. The molecule has 0 aliphatic rings. The number of hydrogen-bond acceptors (Lipinski definition) is 5. The van der Waals surface area contributed by atoms with Gasteiger partial charge in [-0.2, -0.15) is 8.42 Å². The molecule has 1 rings (SSSR count). The van der Waals surface area contributed by atoms with E-state index in [2.05, 4.69) is 0 Å². The number of aliphatic hydroxyl groups is 1. The maximum atomic E-state index is 11.4. The number of carbonyl (C=O) groups excluding carboxylic acids is 1. The predicted octanol–water partition coefficient (Wildman–Crippen LogP) is 0.0841. The summed E-state index contributed by atoms with van der Waals surface area (Å²) in [4.78, 5) is 11.4. The van der Waals surface area contributed by atoms with Crippen LogP contribution in [0, 0.1) is 0 Å². The second-order valence-corrected chi connectivity index (χ2v) is 4.44. The molecule has 0 fully saturated rings. The standard InChI is InChI=1S/C9H10O6S/c1-15-7-4-2-6(3-5-7)8(10)9(11)16(12,13)14/h2-5,9,11H,1H3,(H,12,13,14). The third kappa shape index (κ3) is 2.78. The number of rotatable bonds is 4. The summed E-state index contributed by atoms with van der Waals surface area (Å²) in [5.41, 5.74) is -2.49. The average Bonchev–Trinajstić information content (AvgIpc) is 2.26. The number of ketones is 1. The largest absolute Gasteiger partial charge is 0.497 e. The first kappa shape index (κ1) is 12.6. The minimum Gasteiger partial charge on any atom is -0.497 e. The fourth-order valence-electron chi connectivity index (χ4n) is 1.03. The van der Waals surface area contributed by atoms with Gasteiger partial charge in [-0.3, -0.25) is 9.35 Å². The van der Waals surface area contributed by atoms with Crippen molar-refractivity contribution in [3.63, 3.8) is 0 Å². The number of aliphatic hydroxyl groups excluding tert-OH is 1. The summed E-state index contributed by atoms with van der Waals surface area (Å²) in [6.45, 7) is 0. The monoisotopic (exact) mass is 246 g/mol. The first-order valence-corrected chi connectivity index (χ1v) is 5.69. The molecule has 0 heterocycles. The molecular formula is C9H10O6S. The van der Waals surface area contributed by atoms with Crippen LogP contribution < -0.4 is 4.74 Å². The summed E-state index contributed by atoms with van der Waals surface area (Å²) in [6, 6.07) is 5.44. The van der Waals surface area contributed by atoms with Crippen molar-refractivity contribution in [3.05, 3.63) is 29.8 Å². The lowest BCUT2D eigenvalue weighted by Gasteiger charge is -2.06. The number of hydrogen-bond donors (Lipinski definition) is 2. The van der Waals surface area contributed by atoms with Crippen LogP contribution in [0.1, 0.15) is 10.4 Å². The lowest BCUT2D eigenvalue weighted by Crippen LogP contribution is -2.29. The van der Waals surface area contributed by atoms with Gasteiger partial charge in [0.1, 0.15) is 5.75 Å². The SMILES string of the molecule is COc1ccc(C(=O)C(O)S(=O)(=O)O)cc1. The Balaban J connectivity index is 2.97. The first-order valence-electron chi connectivity index (χ1n) is 4.19. The fourth-order valence-corrected chi connectivity index (χ4v) is 1.44. The second kappa shape index (κ2) is 4.60. The molecule has 0 amide bonds. The zero-order chi connectivity index (χ0) is 12.3. The molecule has 0 saturated heterocycles. The summed E-state index contributed by atoms with van der Waals surface area (Å²) in [5, 5.41) is 9.02. The lowest BCUT2D eigenvalue weighted by atomic mass is 10.1. The Hall–Kier alpha value is -1.44. The van der Waals surface area contributed by atoms with Crippen molar-refractivity contribution in [2.75, 3.05) is 7.11 Å². The average molecular weight is 246 g/mol. The summed E-state index contributed by atoms with van der Waals surface area (Å²) in [5.74, 6) is -0.608. The molecule has 0 bridgehead atoms. The van der Waals surface area contributed by atoms with E-state index in [0.717, 1.165) is 0 Å². The zero-order valence-electron chi connectivity index (χ0n) is 8.32. The Labute approximate surface area is 92.2 Å². The molecule has 88 valence electrons. The Morgan fingerprint density at radius 2 is 1.81 bits per heavy atom. The molecule has 6 nitrogen and oxygen atoms in total. The van der Waals surface area contributed by atoms with Crippen LogP contribution in [-0.2, 0) is 10.1 Å². The van der Waals surface area contributed by atoms with Crippen LogP contribution in [0.2, 0.25) is 0 Å². The highest BCUT2D eigenvalue weighted by atomic mass is 32.2. The van der Waals surface area contributed by atoms with Gasteiger partial charge in [0.25, 0.3) is 10.1 Å². The topological polar surface area (TPSA) is 101 Å². The highest BCUT2D eigenvalue weighted by Crippen LogP contribution is 2.14. The molecule has 7 heteroatoms. The van der Waals surface area contributed by atoms with Crippen LogP contribution >= 0.6 is 0 Å². The van der Waals surface area contributed by atoms with Crippen LogP contribution in [-0.4, -0.2) is 36.4 Å². The number of benzene rings is 1. The fraction of sp³-hybridized carbons (Fsp3) is 0.222. The van der Waals surface area contributed by atoms with Crippen molar-refractivity contribution in [2.45, 2.75) is 5.44 Å². The van der Waals surface area contributed by atoms with Crippen LogP contribution in [0.25, 0.3) is 0 Å². The minimum absolute atomic E-state index is 0.0362. The normalized spacial score (nSPS) is 13.2. The molecule has 1 atom stereocenters. The molecule has 0 aliphatic carbocycles. The van der Waals surface area contributed by atoms with Gasteiger partial charge in [-0.25, -0.2) is 0 Å². The van der Waals surface area contributed by atoms with Gasteiger partial charge in [0.2, 0.25) is 11.2 Å². The van der Waals surface area contributed by atoms with Gasteiger partial charge in [0.05, 0.1) is 7.11 Å². The van der Waals surface area contributed by atoms with E-state index in [-0.39, 0.29) is 5.56 Å². The van der Waals surface area contributed by atoms with Gasteiger partial charge in [-0.1, -0.05) is 0 Å². The summed E-state index contributed by atoms with van der Waals surface area (Å²) < 4.78 is 34.4. The third-order valence-electron chi connectivity index (χ3n) is 1.88. The molecule has 0 spiro atoms. The van der Waals surface area contributed by atoms with Crippen molar-refractivity contribution in [1.29, 1.82) is 0 Å². The molecule has 0 aromatic heterocycles. The molecule has 1 unspecified atom stereocenters. The zero-order valence-corrected chi connectivity index (χ0v) is 9.14. The van der Waals surface area contributed by atoms with Gasteiger partial charge in [-0.05, 0) is 24.3 Å². The van der Waals surface area contributed by atoms with Gasteiger partial charge in [0, 0.05) is 5.56 Å². The number of carbonyl (C=O) groups is 1. The van der Waals surface area contributed by atoms with Crippen LogP contribution in [0.15, 0.2) is 24.3 Å². The van der Waals surface area contributed by atoms with Crippen molar-refractivity contribution < 1.29 is 27.6 Å². The van der Waals surface area contributed by atoms with E-state index in [1.165, 1.54) is 31.4 Å². The van der Waals surface area contributed by atoms with E-state index in [1.807, 2.05) is 0 Å². The van der Waals surface area contributed by atoms with E-state index in [4.69, 9.17) is 14.4 Å². The maximum absolute atomic E-state index is 11.4. The summed E-state index contributed by atoms with van der Waals surface area (Å²) in [6.07, 6.45) is 0. The van der Waals surface area contributed by atoms with Crippen LogP contribution in [0.3, 0.4) is 0 Å². The Morgan fingerprint density at radius 1 is 1.31 bits per heavy atom. The van der Waals surface area contributed by atoms with E-state index in [9.17, 15) is 13.2 Å². The van der Waals surface area contributed by atoms with Gasteiger partial charge in [0.15, 0.2) is 0 Å². The Morgan fingerprint density at radius 3 is 2.19 bits per heavy atom. The van der Waals surface area contributed by atoms with Crippen molar-refractivity contribution in [1.82, 2.24) is 0 Å². The molecule has 0 radical (unpaired) electrons. The summed E-state index contributed by atoms with van der Waals surface area (Å²) in [7, 11) is -3.36. The summed E-state index contributed by atoms with van der Waals surface area (Å²) >= 11 is 0. The number of methoxy groups -OCH3 is 1. The first-order chi connectivity index (χ1) is 7.36. The molecule has 2 N–H and O–H groups in total. The van der Waals surface area contributed by atoms with Crippen molar-refractivity contribution in [3.8, 4) is 5.75 Å². The van der Waals surface area contributed by atoms with Gasteiger partial charge < -0.3 is 9.84 Å². The number of ether oxygens (including phenoxy) is 1. The molecule has 1 aromatic carbocycles. The molecule has 0 saturated carbocycles. The molecule has 0 aliphatic heterocycles. The Bertz CT molecular complexity index is 475. The van der Waals surface area contributed by atoms with Crippen molar-refractivity contribution >= 4 is 15.9 Å². The quantitative estimate of drug-likeness (QED) is 0.576. The van der Waals surface area contributed by atoms with E-state index >= 15 is 0 Å². The third-order valence-corrected chi connectivity index (χ3v) is 2.66. The van der Waals surface area contributed by atoms with Gasteiger partial charge >= 0.3 is 0 Å². The van der Waals surface area contributed by atoms with E-state index in [1.54, 1.807) is 0 Å². The second-order valence-electron chi connectivity index (χ2n) is 2.96. The Kier molecular flexibility index (Phi) is 3.63. The van der Waals surface area contributed by atoms with E-state index in [0.29, 0.717) is 5.75 Å². The minimum atomic E-state index is -4.79. The molecule has 1 aromatic rings. The molecule has 16 heavy (non-hydrogen) atoms. The van der Waals surface area contributed by atoms with Crippen LogP contribution in [0.5, 0.6) is 5.75 Å². The number of Topliss-reactive ketones (excluding diaryl/α,β-unsaturated/α-hetero) is 1. The van der Waals surface area contributed by atoms with Gasteiger partial charge in [-0.15, -0.1) is 0 Å². The highest BCUT2D eigenvalue weighted by Gasteiger charge is 2.28. The lowest BCUT2D eigenvalue weighted by molar-refractivity contribution is 0.0848. The molecular weight excluding hydrogens is 236 g/mol. The van der Waals surface area contributed by atoms with Crippen LogP contribution in [0.4, 0.5) is 0 Å². The van der Waals surface area contributed by atoms with E-state index < -0.39 is 21.3 Å². The van der Waals surface area contributed by atoms with Crippen molar-refractivity contribution in [2.24, 2.45) is 0 Å². The highest BCUT2D eigenvalue weighted by molar-refractivity contribution is 7.87.